The number of benzene rings is 3. The van der Waals surface area contributed by atoms with Gasteiger partial charge in [0, 0.05) is 43.1 Å². The highest BCUT2D eigenvalue weighted by molar-refractivity contribution is 6.04. The monoisotopic (exact) mass is 483 g/mol. The van der Waals surface area contributed by atoms with Gasteiger partial charge < -0.3 is 19.9 Å². The predicted octanol–water partition coefficient (Wildman–Crippen LogP) is 4.73. The van der Waals surface area contributed by atoms with Crippen LogP contribution in [0.2, 0.25) is 0 Å². The van der Waals surface area contributed by atoms with E-state index < -0.39 is 12.1 Å². The number of anilines is 2. The van der Waals surface area contributed by atoms with E-state index in [4.69, 9.17) is 4.74 Å². The van der Waals surface area contributed by atoms with Crippen molar-refractivity contribution in [1.29, 1.82) is 0 Å². The standard InChI is InChI=1S/C26H24F3N3O3/c27-26(28,29)25(34)32-15-13-31(14-16-32)22-11-9-21(10-12-22)30-24(33)20-7-4-8-23(17-20)35-18-19-5-2-1-3-6-19/h1-12,17H,13-16,18H2,(H,30,33). The molecule has 0 aliphatic carbocycles. The molecule has 6 nitrogen and oxygen atoms in total. The lowest BCUT2D eigenvalue weighted by atomic mass is 10.2. The van der Waals surface area contributed by atoms with Crippen molar-refractivity contribution >= 4 is 23.2 Å². The third kappa shape index (κ3) is 6.32. The van der Waals surface area contributed by atoms with E-state index >= 15 is 0 Å². The Bertz CT molecular complexity index is 1160. The van der Waals surface area contributed by atoms with Crippen molar-refractivity contribution in [3.05, 3.63) is 90.0 Å². The van der Waals surface area contributed by atoms with Gasteiger partial charge >= 0.3 is 12.1 Å². The Morgan fingerprint density at radius 1 is 0.857 bits per heavy atom. The molecular weight excluding hydrogens is 459 g/mol. The van der Waals surface area contributed by atoms with Crippen LogP contribution in [0.1, 0.15) is 15.9 Å². The number of ether oxygens (including phenoxy) is 1. The van der Waals surface area contributed by atoms with E-state index in [-0.39, 0.29) is 19.0 Å². The maximum Gasteiger partial charge on any atom is 0.471 e. The van der Waals surface area contributed by atoms with E-state index in [0.29, 0.717) is 36.7 Å². The van der Waals surface area contributed by atoms with Crippen LogP contribution in [-0.2, 0) is 11.4 Å². The summed E-state index contributed by atoms with van der Waals surface area (Å²) < 4.78 is 43.6. The van der Waals surface area contributed by atoms with Gasteiger partial charge in [-0.25, -0.2) is 0 Å². The highest BCUT2D eigenvalue weighted by Gasteiger charge is 2.43. The molecule has 0 spiro atoms. The van der Waals surface area contributed by atoms with Gasteiger partial charge in [0.15, 0.2) is 0 Å². The molecule has 2 amide bonds. The fourth-order valence-electron chi connectivity index (χ4n) is 3.77. The third-order valence-electron chi connectivity index (χ3n) is 5.64. The van der Waals surface area contributed by atoms with Gasteiger partial charge in [0.25, 0.3) is 5.91 Å². The number of carbonyl (C=O) groups is 2. The lowest BCUT2D eigenvalue weighted by Crippen LogP contribution is -2.52. The third-order valence-corrected chi connectivity index (χ3v) is 5.64. The molecule has 3 aromatic carbocycles. The van der Waals surface area contributed by atoms with Crippen LogP contribution >= 0.6 is 0 Å². The number of alkyl halides is 3. The summed E-state index contributed by atoms with van der Waals surface area (Å²) in [6.45, 7) is 0.984. The molecule has 4 rings (SSSR count). The fraction of sp³-hybridized carbons (Fsp3) is 0.231. The van der Waals surface area contributed by atoms with Crippen molar-refractivity contribution in [3.63, 3.8) is 0 Å². The molecule has 1 aliphatic heterocycles. The molecule has 1 heterocycles. The van der Waals surface area contributed by atoms with Gasteiger partial charge in [-0.2, -0.15) is 13.2 Å². The van der Waals surface area contributed by atoms with Crippen LogP contribution in [0, 0.1) is 0 Å². The molecule has 9 heteroatoms. The smallest absolute Gasteiger partial charge is 0.471 e. The molecular formula is C26H24F3N3O3. The van der Waals surface area contributed by atoms with Crippen molar-refractivity contribution in [3.8, 4) is 5.75 Å². The highest BCUT2D eigenvalue weighted by atomic mass is 19.4. The second kappa shape index (κ2) is 10.5. The molecule has 35 heavy (non-hydrogen) atoms. The number of nitrogens with one attached hydrogen (secondary N) is 1. The molecule has 0 radical (unpaired) electrons. The van der Waals surface area contributed by atoms with Gasteiger partial charge in [-0.3, -0.25) is 9.59 Å². The summed E-state index contributed by atoms with van der Waals surface area (Å²) in [5, 5.41) is 2.84. The fourth-order valence-corrected chi connectivity index (χ4v) is 3.77. The van der Waals surface area contributed by atoms with Gasteiger partial charge in [0.2, 0.25) is 0 Å². The summed E-state index contributed by atoms with van der Waals surface area (Å²) >= 11 is 0. The summed E-state index contributed by atoms with van der Waals surface area (Å²) in [4.78, 5) is 26.8. The van der Waals surface area contributed by atoms with E-state index in [1.54, 1.807) is 48.5 Å². The highest BCUT2D eigenvalue weighted by Crippen LogP contribution is 2.23. The van der Waals surface area contributed by atoms with Crippen LogP contribution in [-0.4, -0.2) is 49.1 Å². The number of halogens is 3. The average Bonchev–Trinajstić information content (AvgIpc) is 2.88. The maximum atomic E-state index is 12.7. The molecule has 1 N–H and O–H groups in total. The first-order chi connectivity index (χ1) is 16.8. The Hall–Kier alpha value is -4.01. The zero-order chi connectivity index (χ0) is 24.8. The van der Waals surface area contributed by atoms with Crippen LogP contribution in [0.15, 0.2) is 78.9 Å². The molecule has 0 saturated carbocycles. The van der Waals surface area contributed by atoms with Gasteiger partial charge in [0.1, 0.15) is 12.4 Å². The van der Waals surface area contributed by atoms with E-state index in [0.717, 1.165) is 16.2 Å². The SMILES string of the molecule is O=C(Nc1ccc(N2CCN(C(=O)C(F)(F)F)CC2)cc1)c1cccc(OCc2ccccc2)c1. The summed E-state index contributed by atoms with van der Waals surface area (Å²) in [5.74, 6) is -1.51. The van der Waals surface area contributed by atoms with Gasteiger partial charge in [-0.15, -0.1) is 0 Å². The van der Waals surface area contributed by atoms with Crippen LogP contribution in [0.3, 0.4) is 0 Å². The van der Waals surface area contributed by atoms with Crippen LogP contribution in [0.5, 0.6) is 5.75 Å². The van der Waals surface area contributed by atoms with E-state index in [2.05, 4.69) is 5.32 Å². The van der Waals surface area contributed by atoms with Crippen LogP contribution < -0.4 is 15.0 Å². The molecule has 3 aromatic rings. The van der Waals surface area contributed by atoms with Crippen molar-refractivity contribution < 1.29 is 27.5 Å². The summed E-state index contributed by atoms with van der Waals surface area (Å²) in [7, 11) is 0. The van der Waals surface area contributed by atoms with Crippen molar-refractivity contribution in [2.45, 2.75) is 12.8 Å². The Kier molecular flexibility index (Phi) is 7.24. The number of hydrogen-bond acceptors (Lipinski definition) is 4. The molecule has 0 unspecified atom stereocenters. The normalized spacial score (nSPS) is 13.9. The largest absolute Gasteiger partial charge is 0.489 e. The number of hydrogen-bond donors (Lipinski definition) is 1. The number of rotatable bonds is 6. The van der Waals surface area contributed by atoms with E-state index in [9.17, 15) is 22.8 Å². The van der Waals surface area contributed by atoms with Crippen LogP contribution in [0.25, 0.3) is 0 Å². The Balaban J connectivity index is 1.31. The molecule has 182 valence electrons. The summed E-state index contributed by atoms with van der Waals surface area (Å²) in [6.07, 6.45) is -4.85. The van der Waals surface area contributed by atoms with E-state index in [1.165, 1.54) is 0 Å². The lowest BCUT2D eigenvalue weighted by molar-refractivity contribution is -0.185. The number of carbonyl (C=O) groups excluding carboxylic acids is 2. The molecule has 1 fully saturated rings. The minimum Gasteiger partial charge on any atom is -0.489 e. The molecule has 1 aliphatic rings. The van der Waals surface area contributed by atoms with Crippen molar-refractivity contribution in [2.75, 3.05) is 36.4 Å². The second-order valence-electron chi connectivity index (χ2n) is 8.08. The first-order valence-electron chi connectivity index (χ1n) is 11.1. The molecule has 0 atom stereocenters. The quantitative estimate of drug-likeness (QED) is 0.551. The number of amides is 2. The Labute approximate surface area is 200 Å². The van der Waals surface area contributed by atoms with Gasteiger partial charge in [-0.1, -0.05) is 36.4 Å². The van der Waals surface area contributed by atoms with Crippen molar-refractivity contribution in [1.82, 2.24) is 4.90 Å². The first-order valence-corrected chi connectivity index (χ1v) is 11.1. The van der Waals surface area contributed by atoms with Crippen LogP contribution in [0.4, 0.5) is 24.5 Å². The van der Waals surface area contributed by atoms with Gasteiger partial charge in [-0.05, 0) is 48.0 Å². The maximum absolute atomic E-state index is 12.7. The topological polar surface area (TPSA) is 61.9 Å². The number of nitrogens with zero attached hydrogens (tertiary/aromatic N) is 2. The molecule has 1 saturated heterocycles. The van der Waals surface area contributed by atoms with Crippen molar-refractivity contribution in [2.24, 2.45) is 0 Å². The summed E-state index contributed by atoms with van der Waals surface area (Å²) in [5.41, 5.74) is 2.86. The minimum absolute atomic E-state index is 0.000482. The second-order valence-corrected chi connectivity index (χ2v) is 8.08. The zero-order valence-electron chi connectivity index (χ0n) is 18.8. The molecule has 0 bridgehead atoms. The van der Waals surface area contributed by atoms with E-state index in [1.807, 2.05) is 35.2 Å². The lowest BCUT2D eigenvalue weighted by Gasteiger charge is -2.36. The zero-order valence-corrected chi connectivity index (χ0v) is 18.8. The minimum atomic E-state index is -4.85. The van der Waals surface area contributed by atoms with Gasteiger partial charge in [0.05, 0.1) is 0 Å². The molecule has 0 aromatic heterocycles. The first kappa shape index (κ1) is 24.1. The average molecular weight is 483 g/mol. The summed E-state index contributed by atoms with van der Waals surface area (Å²) in [6, 6.07) is 23.7. The number of piperazine rings is 1. The Morgan fingerprint density at radius 2 is 1.54 bits per heavy atom. The Morgan fingerprint density at radius 3 is 2.20 bits per heavy atom. The predicted molar refractivity (Wildman–Crippen MR) is 126 cm³/mol.